The Morgan fingerprint density at radius 3 is 1.54 bits per heavy atom. The summed E-state index contributed by atoms with van der Waals surface area (Å²) in [7, 11) is 0. The molecule has 1 heterocycles. The Morgan fingerprint density at radius 2 is 0.865 bits per heavy atom. The number of hydrogen-bond acceptors (Lipinski definition) is 3. The highest BCUT2D eigenvalue weighted by Crippen LogP contribution is 2.36. The van der Waals surface area contributed by atoms with Crippen LogP contribution in [0.1, 0.15) is 5.56 Å². The van der Waals surface area contributed by atoms with Crippen molar-refractivity contribution >= 4 is 21.5 Å². The van der Waals surface area contributed by atoms with Gasteiger partial charge >= 0.3 is 0 Å². The van der Waals surface area contributed by atoms with E-state index < -0.39 is 0 Å². The average molecular weight is 662 g/mol. The molecule has 242 valence electrons. The topological polar surface area (TPSA) is 49.6 Å². The molecule has 0 fully saturated rings. The number of nitriles is 1. The minimum absolute atomic E-state index is 0.660. The number of aromatic nitrogens is 2. The highest BCUT2D eigenvalue weighted by atomic mass is 14.9. The zero-order valence-electron chi connectivity index (χ0n) is 28.2. The summed E-state index contributed by atoms with van der Waals surface area (Å²) in [5, 5.41) is 14.1. The summed E-state index contributed by atoms with van der Waals surface area (Å²) in [6, 6.07) is 67.7. The van der Waals surface area contributed by atoms with Crippen molar-refractivity contribution in [3.8, 4) is 73.4 Å². The third-order valence-electron chi connectivity index (χ3n) is 9.70. The van der Waals surface area contributed by atoms with Crippen LogP contribution in [0.25, 0.3) is 88.8 Å². The largest absolute Gasteiger partial charge is 0.228 e. The van der Waals surface area contributed by atoms with Gasteiger partial charge in [-0.25, -0.2) is 9.97 Å². The Morgan fingerprint density at radius 1 is 0.346 bits per heavy atom. The predicted molar refractivity (Wildman–Crippen MR) is 214 cm³/mol. The Labute approximate surface area is 302 Å². The van der Waals surface area contributed by atoms with Crippen molar-refractivity contribution in [3.63, 3.8) is 0 Å². The molecule has 0 aliphatic carbocycles. The van der Waals surface area contributed by atoms with Crippen molar-refractivity contribution in [1.29, 1.82) is 5.26 Å². The summed E-state index contributed by atoms with van der Waals surface area (Å²) in [5.74, 6) is 0.710. The van der Waals surface area contributed by atoms with E-state index in [1.807, 2.05) is 60.7 Å². The maximum atomic E-state index is 9.34. The number of rotatable bonds is 6. The number of fused-ring (bicyclic) bond motifs is 2. The first kappa shape index (κ1) is 30.9. The molecule has 52 heavy (non-hydrogen) atoms. The highest BCUT2D eigenvalue weighted by Gasteiger charge is 2.12. The summed E-state index contributed by atoms with van der Waals surface area (Å²) in [6.07, 6.45) is 0. The first-order valence-corrected chi connectivity index (χ1v) is 17.4. The van der Waals surface area contributed by atoms with Crippen LogP contribution in [0.15, 0.2) is 188 Å². The molecule has 0 saturated carbocycles. The van der Waals surface area contributed by atoms with Crippen LogP contribution < -0.4 is 0 Å². The molecule has 1 aromatic heterocycles. The molecule has 9 aromatic rings. The zero-order valence-corrected chi connectivity index (χ0v) is 28.2. The molecule has 0 amide bonds. The summed E-state index contributed by atoms with van der Waals surface area (Å²) in [6.45, 7) is 0. The summed E-state index contributed by atoms with van der Waals surface area (Å²) < 4.78 is 0. The van der Waals surface area contributed by atoms with Crippen LogP contribution in [0.4, 0.5) is 0 Å². The van der Waals surface area contributed by atoms with Gasteiger partial charge in [-0.3, -0.25) is 0 Å². The monoisotopic (exact) mass is 661 g/mol. The van der Waals surface area contributed by atoms with Gasteiger partial charge in [-0.2, -0.15) is 5.26 Å². The van der Waals surface area contributed by atoms with Gasteiger partial charge in [-0.15, -0.1) is 0 Å². The second kappa shape index (κ2) is 13.3. The molecule has 0 saturated heterocycles. The molecule has 0 aliphatic rings. The maximum Gasteiger partial charge on any atom is 0.160 e. The third kappa shape index (κ3) is 6.00. The molecule has 0 bridgehead atoms. The van der Waals surface area contributed by atoms with Gasteiger partial charge in [0.25, 0.3) is 0 Å². The minimum atomic E-state index is 0.660. The van der Waals surface area contributed by atoms with Crippen molar-refractivity contribution in [1.82, 2.24) is 9.97 Å². The normalized spacial score (nSPS) is 11.1. The van der Waals surface area contributed by atoms with Gasteiger partial charge in [0.1, 0.15) is 0 Å². The fraction of sp³-hybridized carbons (Fsp3) is 0. The van der Waals surface area contributed by atoms with Gasteiger partial charge in [0, 0.05) is 16.7 Å². The summed E-state index contributed by atoms with van der Waals surface area (Å²) >= 11 is 0. The standard InChI is InChI=1S/C49H31N3/c50-32-33-15-17-36(18-16-33)46-30-44(29-42-13-7-8-14-45(42)46)41-26-22-35-21-25-40(27-43(35)28-41)34-19-23-38(24-20-34)48-31-47(37-9-3-1-4-10-37)51-49(52-48)39-11-5-2-6-12-39/h1-31H. The van der Waals surface area contributed by atoms with Crippen LogP contribution in [0.5, 0.6) is 0 Å². The summed E-state index contributed by atoms with van der Waals surface area (Å²) in [5.41, 5.74) is 12.4. The van der Waals surface area contributed by atoms with Gasteiger partial charge in [0.05, 0.1) is 23.0 Å². The van der Waals surface area contributed by atoms with Crippen LogP contribution in [0.2, 0.25) is 0 Å². The maximum absolute atomic E-state index is 9.34. The van der Waals surface area contributed by atoms with Gasteiger partial charge in [0.15, 0.2) is 5.82 Å². The van der Waals surface area contributed by atoms with Crippen LogP contribution >= 0.6 is 0 Å². The molecule has 0 N–H and O–H groups in total. The van der Waals surface area contributed by atoms with Crippen LogP contribution in [-0.2, 0) is 0 Å². The van der Waals surface area contributed by atoms with Crippen LogP contribution in [0, 0.1) is 11.3 Å². The van der Waals surface area contributed by atoms with Crippen LogP contribution in [0.3, 0.4) is 0 Å². The number of hydrogen-bond donors (Lipinski definition) is 0. The molecule has 0 unspecified atom stereocenters. The van der Waals surface area contributed by atoms with Crippen molar-refractivity contribution in [2.75, 3.05) is 0 Å². The first-order valence-electron chi connectivity index (χ1n) is 17.4. The lowest BCUT2D eigenvalue weighted by atomic mass is 9.91. The predicted octanol–water partition coefficient (Wildman–Crippen LogP) is 12.7. The van der Waals surface area contributed by atoms with E-state index in [0.29, 0.717) is 11.4 Å². The van der Waals surface area contributed by atoms with E-state index >= 15 is 0 Å². The van der Waals surface area contributed by atoms with Gasteiger partial charge in [-0.1, -0.05) is 146 Å². The van der Waals surface area contributed by atoms with Crippen molar-refractivity contribution in [2.45, 2.75) is 0 Å². The smallest absolute Gasteiger partial charge is 0.160 e. The minimum Gasteiger partial charge on any atom is -0.228 e. The summed E-state index contributed by atoms with van der Waals surface area (Å²) in [4.78, 5) is 9.95. The van der Waals surface area contributed by atoms with Gasteiger partial charge < -0.3 is 0 Å². The number of nitrogens with zero attached hydrogens (tertiary/aromatic N) is 3. The highest BCUT2D eigenvalue weighted by molar-refractivity contribution is 6.01. The quantitative estimate of drug-likeness (QED) is 0.178. The van der Waals surface area contributed by atoms with Crippen molar-refractivity contribution < 1.29 is 0 Å². The second-order valence-electron chi connectivity index (χ2n) is 13.0. The van der Waals surface area contributed by atoms with E-state index in [2.05, 4.69) is 133 Å². The van der Waals surface area contributed by atoms with Gasteiger partial charge in [-0.05, 0) is 97.4 Å². The lowest BCUT2D eigenvalue weighted by Gasteiger charge is -2.13. The van der Waals surface area contributed by atoms with E-state index in [9.17, 15) is 5.26 Å². The second-order valence-corrected chi connectivity index (χ2v) is 13.0. The van der Waals surface area contributed by atoms with E-state index in [0.717, 1.165) is 61.5 Å². The SMILES string of the molecule is N#Cc1ccc(-c2cc(-c3ccc4ccc(-c5ccc(-c6cc(-c7ccccc7)nc(-c7ccccc7)n6)cc5)cc4c3)cc3ccccc23)cc1. The average Bonchev–Trinajstić information content (AvgIpc) is 3.23. The number of benzene rings is 8. The van der Waals surface area contributed by atoms with E-state index in [-0.39, 0.29) is 0 Å². The molecular formula is C49H31N3. The Kier molecular flexibility index (Phi) is 7.89. The van der Waals surface area contributed by atoms with E-state index in [4.69, 9.17) is 9.97 Å². The molecule has 0 aliphatic heterocycles. The van der Waals surface area contributed by atoms with E-state index in [1.54, 1.807) is 0 Å². The molecule has 0 radical (unpaired) electrons. The lowest BCUT2D eigenvalue weighted by molar-refractivity contribution is 1.18. The van der Waals surface area contributed by atoms with E-state index in [1.165, 1.54) is 21.5 Å². The van der Waals surface area contributed by atoms with Gasteiger partial charge in [0.2, 0.25) is 0 Å². The Bertz CT molecular complexity index is 2710. The molecule has 3 nitrogen and oxygen atoms in total. The first-order chi connectivity index (χ1) is 25.7. The molecular weight excluding hydrogens is 631 g/mol. The fourth-order valence-electron chi connectivity index (χ4n) is 6.95. The molecule has 0 spiro atoms. The Balaban J connectivity index is 1.07. The molecule has 9 rings (SSSR count). The molecule has 0 atom stereocenters. The molecule has 8 aromatic carbocycles. The van der Waals surface area contributed by atoms with Crippen molar-refractivity contribution in [2.24, 2.45) is 0 Å². The fourth-order valence-corrected chi connectivity index (χ4v) is 6.95. The third-order valence-corrected chi connectivity index (χ3v) is 9.70. The lowest BCUT2D eigenvalue weighted by Crippen LogP contribution is -1.95. The van der Waals surface area contributed by atoms with Crippen LogP contribution in [-0.4, -0.2) is 9.97 Å². The molecule has 3 heteroatoms. The Hall–Kier alpha value is -7.15. The van der Waals surface area contributed by atoms with Crippen molar-refractivity contribution in [3.05, 3.63) is 194 Å². The zero-order chi connectivity index (χ0) is 34.9.